The van der Waals surface area contributed by atoms with Crippen molar-refractivity contribution in [2.45, 2.75) is 32.0 Å². The van der Waals surface area contributed by atoms with E-state index in [4.69, 9.17) is 9.84 Å². The van der Waals surface area contributed by atoms with Gasteiger partial charge in [0.2, 0.25) is 0 Å². The van der Waals surface area contributed by atoms with Crippen molar-refractivity contribution in [3.05, 3.63) is 41.7 Å². The molecule has 0 radical (unpaired) electrons. The van der Waals surface area contributed by atoms with Gasteiger partial charge in [-0.3, -0.25) is 14.4 Å². The zero-order valence-electron chi connectivity index (χ0n) is 14.4. The van der Waals surface area contributed by atoms with E-state index >= 15 is 0 Å². The van der Waals surface area contributed by atoms with Crippen molar-refractivity contribution in [3.8, 4) is 0 Å². The molecule has 10 heteroatoms. The van der Waals surface area contributed by atoms with Crippen LogP contribution < -0.4 is 10.6 Å². The summed E-state index contributed by atoms with van der Waals surface area (Å²) in [5.41, 5.74) is 1.32. The minimum atomic E-state index is -1.03. The number of nitrogens with zero attached hydrogens (tertiary/aromatic N) is 3. The Morgan fingerprint density at radius 1 is 1.33 bits per heavy atom. The van der Waals surface area contributed by atoms with Crippen molar-refractivity contribution in [3.63, 3.8) is 0 Å². The molecule has 1 unspecified atom stereocenters. The summed E-state index contributed by atoms with van der Waals surface area (Å²) in [6.45, 7) is 0.385. The molecular formula is C17H19N5O5. The maximum Gasteiger partial charge on any atom is 0.325 e. The summed E-state index contributed by atoms with van der Waals surface area (Å²) in [7, 11) is 0. The third-order valence-electron chi connectivity index (χ3n) is 3.93. The molecule has 3 rings (SSSR count). The minimum absolute atomic E-state index is 0.102. The number of anilines is 1. The second-order valence-electron chi connectivity index (χ2n) is 6.06. The zero-order chi connectivity index (χ0) is 19.2. The second-order valence-corrected chi connectivity index (χ2v) is 6.06. The fourth-order valence-electron chi connectivity index (χ4n) is 2.65. The summed E-state index contributed by atoms with van der Waals surface area (Å²) in [5, 5.41) is 21.6. The molecule has 1 aromatic heterocycles. The average Bonchev–Trinajstić information content (AvgIpc) is 3.31. The van der Waals surface area contributed by atoms with Crippen LogP contribution in [0.5, 0.6) is 0 Å². The Balaban J connectivity index is 1.55. The van der Waals surface area contributed by atoms with Crippen LogP contribution in [0.1, 0.15) is 28.9 Å². The van der Waals surface area contributed by atoms with Gasteiger partial charge < -0.3 is 20.5 Å². The molecule has 0 bridgehead atoms. The van der Waals surface area contributed by atoms with E-state index in [0.29, 0.717) is 30.0 Å². The second kappa shape index (κ2) is 8.41. The zero-order valence-corrected chi connectivity index (χ0v) is 14.4. The molecule has 1 fully saturated rings. The van der Waals surface area contributed by atoms with Crippen LogP contribution in [0.15, 0.2) is 30.5 Å². The first-order valence-electron chi connectivity index (χ1n) is 8.43. The lowest BCUT2D eigenvalue weighted by Crippen LogP contribution is -2.27. The molecule has 2 amide bonds. The fraction of sp³-hybridized carbons (Fsp3) is 0.353. The molecule has 2 heterocycles. The number of ether oxygens (including phenoxy) is 1. The predicted molar refractivity (Wildman–Crippen MR) is 92.9 cm³/mol. The van der Waals surface area contributed by atoms with Gasteiger partial charge in [0.1, 0.15) is 18.3 Å². The molecule has 2 aromatic rings. The van der Waals surface area contributed by atoms with E-state index in [9.17, 15) is 14.4 Å². The summed E-state index contributed by atoms with van der Waals surface area (Å²) in [6, 6.07) is 6.56. The number of rotatable bonds is 7. The molecule has 1 atom stereocenters. The van der Waals surface area contributed by atoms with Gasteiger partial charge in [0, 0.05) is 17.9 Å². The van der Waals surface area contributed by atoms with Crippen LogP contribution in [-0.4, -0.2) is 50.6 Å². The number of nitrogens with one attached hydrogen (secondary N) is 2. The van der Waals surface area contributed by atoms with Crippen LogP contribution in [0, 0.1) is 0 Å². The molecule has 3 N–H and O–H groups in total. The molecule has 27 heavy (non-hydrogen) atoms. The number of benzene rings is 1. The van der Waals surface area contributed by atoms with Crippen molar-refractivity contribution >= 4 is 23.5 Å². The average molecular weight is 373 g/mol. The molecule has 1 aliphatic rings. The first-order chi connectivity index (χ1) is 13.0. The maximum absolute atomic E-state index is 12.3. The van der Waals surface area contributed by atoms with E-state index in [2.05, 4.69) is 20.9 Å². The molecule has 1 aromatic carbocycles. The number of hydrogen-bond donors (Lipinski definition) is 3. The number of carboxylic acid groups (broad SMARTS) is 1. The number of aliphatic carboxylic acids is 1. The first-order valence-corrected chi connectivity index (χ1v) is 8.43. The highest BCUT2D eigenvalue weighted by Gasteiger charge is 2.23. The van der Waals surface area contributed by atoms with Gasteiger partial charge in [0.25, 0.3) is 11.8 Å². The molecular weight excluding hydrogens is 354 g/mol. The number of carbonyl (C=O) groups excluding carboxylic acids is 2. The molecule has 10 nitrogen and oxygen atoms in total. The standard InChI is InChI=1S/C17H19N5O5/c23-15(24)10-22-9-13(20-21-22)8-18-16(25)11-3-1-4-12(7-11)19-17(26)14-5-2-6-27-14/h1,3-4,7,9,14H,2,5-6,8,10H2,(H,18,25)(H,19,26)(H,23,24). The Morgan fingerprint density at radius 3 is 2.93 bits per heavy atom. The third-order valence-corrected chi connectivity index (χ3v) is 3.93. The number of aromatic nitrogens is 3. The normalized spacial score (nSPS) is 16.1. The van der Waals surface area contributed by atoms with Gasteiger partial charge in [-0.2, -0.15) is 0 Å². The van der Waals surface area contributed by atoms with Crippen molar-refractivity contribution in [1.29, 1.82) is 0 Å². The van der Waals surface area contributed by atoms with E-state index < -0.39 is 12.1 Å². The van der Waals surface area contributed by atoms with Gasteiger partial charge in [-0.05, 0) is 31.0 Å². The lowest BCUT2D eigenvalue weighted by molar-refractivity contribution is -0.138. The highest BCUT2D eigenvalue weighted by molar-refractivity contribution is 5.98. The number of carbonyl (C=O) groups is 3. The Kier molecular flexibility index (Phi) is 5.77. The monoisotopic (exact) mass is 373 g/mol. The van der Waals surface area contributed by atoms with Gasteiger partial charge >= 0.3 is 5.97 Å². The Hall–Kier alpha value is -3.27. The van der Waals surface area contributed by atoms with Crippen molar-refractivity contribution in [2.75, 3.05) is 11.9 Å². The van der Waals surface area contributed by atoms with Gasteiger partial charge in [0.15, 0.2) is 0 Å². The van der Waals surface area contributed by atoms with Crippen LogP contribution in [0.4, 0.5) is 5.69 Å². The molecule has 0 aliphatic carbocycles. The SMILES string of the molecule is O=C(O)Cn1cc(CNC(=O)c2cccc(NC(=O)C3CCCO3)c2)nn1. The van der Waals surface area contributed by atoms with E-state index in [-0.39, 0.29) is 24.9 Å². The van der Waals surface area contributed by atoms with E-state index in [0.717, 1.165) is 6.42 Å². The third kappa shape index (κ3) is 5.11. The quantitative estimate of drug-likeness (QED) is 0.639. The summed E-state index contributed by atoms with van der Waals surface area (Å²) >= 11 is 0. The molecule has 1 aliphatic heterocycles. The van der Waals surface area contributed by atoms with Crippen molar-refractivity contribution in [1.82, 2.24) is 20.3 Å². The maximum atomic E-state index is 12.3. The van der Waals surface area contributed by atoms with E-state index in [1.807, 2.05) is 0 Å². The molecule has 0 saturated carbocycles. The smallest absolute Gasteiger partial charge is 0.325 e. The summed E-state index contributed by atoms with van der Waals surface area (Å²) in [4.78, 5) is 35.0. The summed E-state index contributed by atoms with van der Waals surface area (Å²) in [6.07, 6.45) is 2.55. The highest BCUT2D eigenvalue weighted by Crippen LogP contribution is 2.16. The Bertz CT molecular complexity index is 844. The molecule has 1 saturated heterocycles. The van der Waals surface area contributed by atoms with E-state index in [1.54, 1.807) is 24.3 Å². The van der Waals surface area contributed by atoms with Crippen LogP contribution in [0.25, 0.3) is 0 Å². The lowest BCUT2D eigenvalue weighted by atomic mass is 10.1. The number of carboxylic acids is 1. The summed E-state index contributed by atoms with van der Waals surface area (Å²) in [5.74, 6) is -1.60. The van der Waals surface area contributed by atoms with Gasteiger partial charge in [-0.1, -0.05) is 11.3 Å². The van der Waals surface area contributed by atoms with Gasteiger partial charge in [-0.15, -0.1) is 5.10 Å². The highest BCUT2D eigenvalue weighted by atomic mass is 16.5. The minimum Gasteiger partial charge on any atom is -0.480 e. The predicted octanol–water partition coefficient (Wildman–Crippen LogP) is 0.410. The number of amides is 2. The van der Waals surface area contributed by atoms with Crippen LogP contribution in [0.2, 0.25) is 0 Å². The van der Waals surface area contributed by atoms with Crippen LogP contribution >= 0.6 is 0 Å². The fourth-order valence-corrected chi connectivity index (χ4v) is 2.65. The topological polar surface area (TPSA) is 135 Å². The van der Waals surface area contributed by atoms with Gasteiger partial charge in [0.05, 0.1) is 12.7 Å². The summed E-state index contributed by atoms with van der Waals surface area (Å²) < 4.78 is 6.51. The van der Waals surface area contributed by atoms with Gasteiger partial charge in [-0.25, -0.2) is 4.68 Å². The van der Waals surface area contributed by atoms with Crippen LogP contribution in [-0.2, 0) is 27.4 Å². The Labute approximate surface area is 154 Å². The Morgan fingerprint density at radius 2 is 2.19 bits per heavy atom. The van der Waals surface area contributed by atoms with Crippen molar-refractivity contribution < 1.29 is 24.2 Å². The van der Waals surface area contributed by atoms with Crippen molar-refractivity contribution in [2.24, 2.45) is 0 Å². The van der Waals surface area contributed by atoms with Crippen LogP contribution in [0.3, 0.4) is 0 Å². The van der Waals surface area contributed by atoms with E-state index in [1.165, 1.54) is 10.9 Å². The largest absolute Gasteiger partial charge is 0.480 e. The number of hydrogen-bond acceptors (Lipinski definition) is 6. The first kappa shape index (κ1) is 18.5. The molecule has 142 valence electrons. The molecule has 0 spiro atoms. The lowest BCUT2D eigenvalue weighted by Gasteiger charge is -2.11.